The van der Waals surface area contributed by atoms with Crippen LogP contribution in [-0.2, 0) is 4.79 Å². The number of aliphatic carboxylic acids is 1. The van der Waals surface area contributed by atoms with Crippen LogP contribution in [0.2, 0.25) is 0 Å². The third-order valence-corrected chi connectivity index (χ3v) is 3.45. The van der Waals surface area contributed by atoms with Gasteiger partial charge in [-0.1, -0.05) is 25.1 Å². The number of carboxylic acid groups (broad SMARTS) is 1. The second-order valence-corrected chi connectivity index (χ2v) is 6.37. The zero-order chi connectivity index (χ0) is 15.9. The molecule has 21 heavy (non-hydrogen) atoms. The van der Waals surface area contributed by atoms with Crippen molar-refractivity contribution in [2.45, 2.75) is 39.7 Å². The van der Waals surface area contributed by atoms with E-state index in [4.69, 9.17) is 9.84 Å². The van der Waals surface area contributed by atoms with Crippen LogP contribution in [0.1, 0.15) is 34.1 Å². The van der Waals surface area contributed by atoms with Crippen molar-refractivity contribution in [1.29, 1.82) is 0 Å². The van der Waals surface area contributed by atoms with Gasteiger partial charge in [0.15, 0.2) is 0 Å². The fraction of sp³-hybridized carbons (Fsp3) is 0.588. The van der Waals surface area contributed by atoms with Crippen molar-refractivity contribution in [2.24, 2.45) is 5.92 Å². The van der Waals surface area contributed by atoms with E-state index in [-0.39, 0.29) is 11.5 Å². The summed E-state index contributed by atoms with van der Waals surface area (Å²) in [6.07, 6.45) is 0.874. The van der Waals surface area contributed by atoms with Crippen molar-refractivity contribution < 1.29 is 14.6 Å². The molecular weight excluding hydrogens is 266 g/mol. The van der Waals surface area contributed by atoms with Crippen LogP contribution in [0, 0.1) is 5.92 Å². The number of carbonyl (C=O) groups is 1. The first-order chi connectivity index (χ1) is 9.80. The number of nitrogens with zero attached hydrogens (tertiary/aromatic N) is 1. The van der Waals surface area contributed by atoms with E-state index in [2.05, 4.69) is 25.7 Å². The van der Waals surface area contributed by atoms with Gasteiger partial charge in [0, 0.05) is 18.6 Å². The van der Waals surface area contributed by atoms with Gasteiger partial charge < -0.3 is 9.84 Å². The van der Waals surface area contributed by atoms with Crippen molar-refractivity contribution in [3.05, 3.63) is 30.3 Å². The monoisotopic (exact) mass is 293 g/mol. The number of carboxylic acids is 1. The normalized spacial score (nSPS) is 13.2. The van der Waals surface area contributed by atoms with E-state index < -0.39 is 5.97 Å². The maximum Gasteiger partial charge on any atom is 0.307 e. The minimum atomic E-state index is -0.746. The molecule has 0 radical (unpaired) electrons. The summed E-state index contributed by atoms with van der Waals surface area (Å²) in [6, 6.07) is 9.74. The molecule has 0 saturated heterocycles. The molecule has 1 unspecified atom stereocenters. The Morgan fingerprint density at radius 3 is 2.43 bits per heavy atom. The first kappa shape index (κ1) is 17.5. The molecule has 0 spiro atoms. The van der Waals surface area contributed by atoms with Crippen molar-refractivity contribution >= 4 is 5.97 Å². The van der Waals surface area contributed by atoms with Crippen LogP contribution >= 0.6 is 0 Å². The Kier molecular flexibility index (Phi) is 6.69. The highest BCUT2D eigenvalue weighted by molar-refractivity contribution is 5.69. The van der Waals surface area contributed by atoms with Crippen LogP contribution in [0.25, 0.3) is 0 Å². The molecule has 0 heterocycles. The van der Waals surface area contributed by atoms with Gasteiger partial charge >= 0.3 is 5.97 Å². The topological polar surface area (TPSA) is 49.8 Å². The summed E-state index contributed by atoms with van der Waals surface area (Å²) in [5, 5.41) is 9.07. The van der Waals surface area contributed by atoms with E-state index in [0.717, 1.165) is 18.7 Å². The summed E-state index contributed by atoms with van der Waals surface area (Å²) in [7, 11) is 0. The van der Waals surface area contributed by atoms with E-state index in [0.29, 0.717) is 13.2 Å². The van der Waals surface area contributed by atoms with Gasteiger partial charge in [-0.15, -0.1) is 0 Å². The second kappa shape index (κ2) is 8.03. The molecule has 0 saturated carbocycles. The highest BCUT2D eigenvalue weighted by atomic mass is 16.5. The smallest absolute Gasteiger partial charge is 0.307 e. The maximum atomic E-state index is 11.0. The van der Waals surface area contributed by atoms with E-state index >= 15 is 0 Å². The zero-order valence-corrected chi connectivity index (χ0v) is 13.5. The summed E-state index contributed by atoms with van der Waals surface area (Å²) in [4.78, 5) is 13.2. The van der Waals surface area contributed by atoms with Crippen LogP contribution in [0.15, 0.2) is 30.3 Å². The first-order valence-corrected chi connectivity index (χ1v) is 7.46. The van der Waals surface area contributed by atoms with Gasteiger partial charge in [-0.3, -0.25) is 9.69 Å². The van der Waals surface area contributed by atoms with Crippen molar-refractivity contribution in [1.82, 2.24) is 4.90 Å². The molecule has 0 bridgehead atoms. The van der Waals surface area contributed by atoms with Crippen LogP contribution in [-0.4, -0.2) is 41.2 Å². The minimum absolute atomic E-state index is 0.0452. The lowest BCUT2D eigenvalue weighted by Crippen LogP contribution is -2.45. The Balaban J connectivity index is 2.41. The predicted molar refractivity (Wildman–Crippen MR) is 84.7 cm³/mol. The van der Waals surface area contributed by atoms with Crippen LogP contribution in [0.5, 0.6) is 5.75 Å². The predicted octanol–water partition coefficient (Wildman–Crippen LogP) is 3.28. The van der Waals surface area contributed by atoms with Gasteiger partial charge in [-0.2, -0.15) is 0 Å². The average Bonchev–Trinajstić information content (AvgIpc) is 2.41. The Hall–Kier alpha value is -1.55. The summed E-state index contributed by atoms with van der Waals surface area (Å²) in [5.41, 5.74) is -0.0452. The number of rotatable bonds is 8. The Morgan fingerprint density at radius 2 is 1.90 bits per heavy atom. The molecule has 118 valence electrons. The molecule has 0 aliphatic rings. The van der Waals surface area contributed by atoms with Gasteiger partial charge in [0.05, 0.1) is 12.5 Å². The second-order valence-electron chi connectivity index (χ2n) is 6.37. The summed E-state index contributed by atoms with van der Waals surface area (Å²) in [5.74, 6) is -0.234. The lowest BCUT2D eigenvalue weighted by Gasteiger charge is -2.36. The average molecular weight is 293 g/mol. The molecule has 1 N–H and O–H groups in total. The molecule has 4 nitrogen and oxygen atoms in total. The van der Waals surface area contributed by atoms with Crippen molar-refractivity contribution in [2.75, 3.05) is 19.7 Å². The van der Waals surface area contributed by atoms with Crippen molar-refractivity contribution in [3.8, 4) is 5.75 Å². The quantitative estimate of drug-likeness (QED) is 0.747. The summed E-state index contributed by atoms with van der Waals surface area (Å²) < 4.78 is 5.68. The molecule has 4 heteroatoms. The van der Waals surface area contributed by atoms with Gasteiger partial charge in [0.2, 0.25) is 0 Å². The first-order valence-electron chi connectivity index (χ1n) is 7.46. The number of benzene rings is 1. The Labute approximate surface area is 127 Å². The van der Waals surface area contributed by atoms with Crippen LogP contribution in [0.3, 0.4) is 0 Å². The highest BCUT2D eigenvalue weighted by Crippen LogP contribution is 2.16. The molecular formula is C17H27NO3. The van der Waals surface area contributed by atoms with E-state index in [9.17, 15) is 4.79 Å². The van der Waals surface area contributed by atoms with Crippen LogP contribution in [0.4, 0.5) is 0 Å². The van der Waals surface area contributed by atoms with Crippen LogP contribution < -0.4 is 4.74 Å². The maximum absolute atomic E-state index is 11.0. The largest absolute Gasteiger partial charge is 0.494 e. The van der Waals surface area contributed by atoms with Crippen molar-refractivity contribution in [3.63, 3.8) is 0 Å². The fourth-order valence-electron chi connectivity index (χ4n) is 2.07. The molecule has 0 amide bonds. The molecule has 1 atom stereocenters. The van der Waals surface area contributed by atoms with Gasteiger partial charge in [-0.05, 0) is 39.3 Å². The van der Waals surface area contributed by atoms with E-state index in [1.54, 1.807) is 6.92 Å². The number of hydrogen-bond acceptors (Lipinski definition) is 3. The number of hydrogen-bond donors (Lipinski definition) is 1. The SMILES string of the molecule is CC(CN(CCCOc1ccccc1)C(C)(C)C)C(=O)O. The number of ether oxygens (including phenoxy) is 1. The molecule has 0 aliphatic heterocycles. The lowest BCUT2D eigenvalue weighted by atomic mass is 10.0. The Bertz CT molecular complexity index is 425. The van der Waals surface area contributed by atoms with Gasteiger partial charge in [-0.25, -0.2) is 0 Å². The third kappa shape index (κ3) is 6.63. The zero-order valence-electron chi connectivity index (χ0n) is 13.5. The molecule has 1 aromatic rings. The molecule has 0 aromatic heterocycles. The Morgan fingerprint density at radius 1 is 1.29 bits per heavy atom. The number of para-hydroxylation sites is 1. The molecule has 1 rings (SSSR count). The highest BCUT2D eigenvalue weighted by Gasteiger charge is 2.25. The summed E-state index contributed by atoms with van der Waals surface area (Å²) >= 11 is 0. The third-order valence-electron chi connectivity index (χ3n) is 3.45. The standard InChI is InChI=1S/C17H27NO3/c1-14(16(19)20)13-18(17(2,3)4)11-8-12-21-15-9-6-5-7-10-15/h5-7,9-10,14H,8,11-13H2,1-4H3,(H,19,20). The van der Waals surface area contributed by atoms with E-state index in [1.165, 1.54) is 0 Å². The molecule has 0 aliphatic carbocycles. The lowest BCUT2D eigenvalue weighted by molar-refractivity contribution is -0.142. The van der Waals surface area contributed by atoms with Gasteiger partial charge in [0.25, 0.3) is 0 Å². The molecule has 0 fully saturated rings. The van der Waals surface area contributed by atoms with E-state index in [1.807, 2.05) is 30.3 Å². The minimum Gasteiger partial charge on any atom is -0.494 e. The summed E-state index contributed by atoms with van der Waals surface area (Å²) in [6.45, 7) is 10.1. The molecule has 1 aromatic carbocycles. The fourth-order valence-corrected chi connectivity index (χ4v) is 2.07. The van der Waals surface area contributed by atoms with Gasteiger partial charge in [0.1, 0.15) is 5.75 Å².